The molecular formula is C16H12ClF4N5O. The number of nitrogens with zero attached hydrogens (tertiary/aromatic N) is 3. The van der Waals surface area contributed by atoms with Crippen molar-refractivity contribution in [3.8, 4) is 11.3 Å². The van der Waals surface area contributed by atoms with E-state index < -0.39 is 17.7 Å². The Balaban J connectivity index is 2.03. The minimum absolute atomic E-state index is 0.0977. The number of amides is 1. The minimum atomic E-state index is -4.65. The Kier molecular flexibility index (Phi) is 4.68. The maximum absolute atomic E-state index is 14.6. The highest BCUT2D eigenvalue weighted by Crippen LogP contribution is 2.37. The summed E-state index contributed by atoms with van der Waals surface area (Å²) in [6.07, 6.45) is -4.24. The summed E-state index contributed by atoms with van der Waals surface area (Å²) < 4.78 is 53.2. The van der Waals surface area contributed by atoms with Gasteiger partial charge in [0, 0.05) is 11.1 Å². The van der Waals surface area contributed by atoms with Gasteiger partial charge in [-0.3, -0.25) is 19.9 Å². The molecular weight excluding hydrogens is 390 g/mol. The Morgan fingerprint density at radius 3 is 2.37 bits per heavy atom. The first-order valence-electron chi connectivity index (χ1n) is 7.52. The van der Waals surface area contributed by atoms with Crippen LogP contribution in [0.3, 0.4) is 0 Å². The number of benzene rings is 1. The zero-order valence-corrected chi connectivity index (χ0v) is 14.7. The summed E-state index contributed by atoms with van der Waals surface area (Å²) in [6.45, 7) is 2.81. The quantitative estimate of drug-likeness (QED) is 0.498. The minimum Gasteiger partial charge on any atom is -0.278 e. The van der Waals surface area contributed by atoms with Crippen LogP contribution in [0.25, 0.3) is 11.3 Å². The van der Waals surface area contributed by atoms with Gasteiger partial charge in [-0.25, -0.2) is 4.39 Å². The Morgan fingerprint density at radius 1 is 1.19 bits per heavy atom. The zero-order chi connectivity index (χ0) is 19.9. The molecule has 3 aromatic rings. The number of nitrogens with one attached hydrogen (secondary N) is 2. The number of aromatic nitrogens is 4. The molecule has 0 aliphatic carbocycles. The monoisotopic (exact) mass is 401 g/mol. The number of alkyl halides is 3. The predicted octanol–water partition coefficient (Wildman–Crippen LogP) is 4.52. The topological polar surface area (TPSA) is 77.7 Å². The van der Waals surface area contributed by atoms with Crippen molar-refractivity contribution in [3.63, 3.8) is 0 Å². The van der Waals surface area contributed by atoms with E-state index in [2.05, 4.69) is 20.4 Å². The van der Waals surface area contributed by atoms with Crippen LogP contribution in [0.2, 0.25) is 5.02 Å². The lowest BCUT2D eigenvalue weighted by Gasteiger charge is -2.16. The molecule has 0 aliphatic heterocycles. The van der Waals surface area contributed by atoms with E-state index in [-0.39, 0.29) is 33.3 Å². The number of carbonyl (C=O) groups excluding carboxylic acids is 1. The fraction of sp³-hybridized carbons (Fsp3) is 0.188. The van der Waals surface area contributed by atoms with E-state index in [1.807, 2.05) is 0 Å². The molecule has 6 nitrogen and oxygen atoms in total. The second kappa shape index (κ2) is 6.69. The fourth-order valence-corrected chi connectivity index (χ4v) is 2.78. The SMILES string of the molecule is Cc1n[nH]c(N(C=O)c2ccc(-c3[nH]nc(C(F)(F)F)c3C)c(F)c2)c1Cl. The highest BCUT2D eigenvalue weighted by atomic mass is 35.5. The van der Waals surface area contributed by atoms with Crippen molar-refractivity contribution < 1.29 is 22.4 Å². The van der Waals surface area contributed by atoms with Gasteiger partial charge in [-0.1, -0.05) is 11.6 Å². The van der Waals surface area contributed by atoms with Crippen LogP contribution in [-0.4, -0.2) is 26.8 Å². The molecule has 0 unspecified atom stereocenters. The molecule has 2 N–H and O–H groups in total. The number of rotatable bonds is 4. The van der Waals surface area contributed by atoms with E-state index in [0.29, 0.717) is 12.1 Å². The van der Waals surface area contributed by atoms with Crippen LogP contribution in [0, 0.1) is 19.7 Å². The maximum atomic E-state index is 14.6. The number of aromatic amines is 2. The van der Waals surface area contributed by atoms with Crippen LogP contribution >= 0.6 is 11.6 Å². The highest BCUT2D eigenvalue weighted by Gasteiger charge is 2.37. The largest absolute Gasteiger partial charge is 0.435 e. The van der Waals surface area contributed by atoms with Crippen molar-refractivity contribution in [2.75, 3.05) is 4.90 Å². The lowest BCUT2D eigenvalue weighted by Crippen LogP contribution is -2.15. The van der Waals surface area contributed by atoms with Crippen molar-refractivity contribution in [1.29, 1.82) is 0 Å². The van der Waals surface area contributed by atoms with Gasteiger partial charge in [-0.2, -0.15) is 23.4 Å². The maximum Gasteiger partial charge on any atom is 0.435 e. The van der Waals surface area contributed by atoms with Crippen molar-refractivity contribution in [2.24, 2.45) is 0 Å². The molecule has 0 spiro atoms. The molecule has 11 heteroatoms. The van der Waals surface area contributed by atoms with E-state index in [0.717, 1.165) is 11.0 Å². The number of hydrogen-bond acceptors (Lipinski definition) is 3. The molecule has 0 atom stereocenters. The molecule has 2 aromatic heterocycles. The van der Waals surface area contributed by atoms with Gasteiger partial charge in [-0.05, 0) is 32.0 Å². The summed E-state index contributed by atoms with van der Waals surface area (Å²) in [4.78, 5) is 12.5. The molecule has 142 valence electrons. The van der Waals surface area contributed by atoms with E-state index in [1.165, 1.54) is 19.1 Å². The standard InChI is InChI=1S/C16H12ClF4N5O/c1-7-13(23-24-14(7)16(19,20)21)10-4-3-9(5-11(10)18)26(6-27)15-12(17)8(2)22-25-15/h3-6H,1-2H3,(H,22,25)(H,23,24). The molecule has 0 radical (unpaired) electrons. The van der Waals surface area contributed by atoms with Gasteiger partial charge >= 0.3 is 6.18 Å². The predicted molar refractivity (Wildman–Crippen MR) is 90.3 cm³/mol. The van der Waals surface area contributed by atoms with Gasteiger partial charge in [0.15, 0.2) is 11.5 Å². The summed E-state index contributed by atoms with van der Waals surface area (Å²) in [7, 11) is 0. The van der Waals surface area contributed by atoms with E-state index in [1.54, 1.807) is 6.92 Å². The Bertz CT molecular complexity index is 1010. The molecule has 0 bridgehead atoms. The van der Waals surface area contributed by atoms with Gasteiger partial charge < -0.3 is 0 Å². The van der Waals surface area contributed by atoms with Crippen LogP contribution in [-0.2, 0) is 11.0 Å². The van der Waals surface area contributed by atoms with E-state index >= 15 is 0 Å². The average Bonchev–Trinajstić information content (AvgIpc) is 3.13. The van der Waals surface area contributed by atoms with Gasteiger partial charge in [-0.15, -0.1) is 0 Å². The van der Waals surface area contributed by atoms with Gasteiger partial charge in [0.05, 0.1) is 17.1 Å². The van der Waals surface area contributed by atoms with Crippen LogP contribution in [0.15, 0.2) is 18.2 Å². The third-order valence-electron chi connectivity index (χ3n) is 3.98. The number of carbonyl (C=O) groups is 1. The van der Waals surface area contributed by atoms with Crippen molar-refractivity contribution in [1.82, 2.24) is 20.4 Å². The summed E-state index contributed by atoms with van der Waals surface area (Å²) in [6, 6.07) is 3.62. The second-order valence-electron chi connectivity index (χ2n) is 5.68. The zero-order valence-electron chi connectivity index (χ0n) is 13.9. The molecule has 3 rings (SSSR count). The lowest BCUT2D eigenvalue weighted by atomic mass is 10.1. The number of H-pyrrole nitrogens is 2. The summed E-state index contributed by atoms with van der Waals surface area (Å²) in [5, 5.41) is 12.1. The van der Waals surface area contributed by atoms with Gasteiger partial charge in [0.25, 0.3) is 0 Å². The third-order valence-corrected chi connectivity index (χ3v) is 4.43. The molecule has 0 saturated heterocycles. The van der Waals surface area contributed by atoms with Crippen molar-refractivity contribution >= 4 is 29.5 Å². The van der Waals surface area contributed by atoms with Crippen LogP contribution < -0.4 is 4.90 Å². The summed E-state index contributed by atoms with van der Waals surface area (Å²) in [5.41, 5.74) is -0.992. The fourth-order valence-electron chi connectivity index (χ4n) is 2.60. The normalized spacial score (nSPS) is 11.7. The number of anilines is 2. The first kappa shape index (κ1) is 18.9. The van der Waals surface area contributed by atoms with E-state index in [4.69, 9.17) is 11.6 Å². The average molecular weight is 402 g/mol. The Morgan fingerprint density at radius 2 is 1.89 bits per heavy atom. The molecule has 1 amide bonds. The molecule has 2 heterocycles. The van der Waals surface area contributed by atoms with Crippen LogP contribution in [0.4, 0.5) is 29.1 Å². The Hall–Kier alpha value is -2.88. The third kappa shape index (κ3) is 3.27. The smallest absolute Gasteiger partial charge is 0.278 e. The highest BCUT2D eigenvalue weighted by molar-refractivity contribution is 6.34. The first-order valence-corrected chi connectivity index (χ1v) is 7.90. The summed E-state index contributed by atoms with van der Waals surface area (Å²) in [5.74, 6) is -0.694. The molecule has 27 heavy (non-hydrogen) atoms. The lowest BCUT2D eigenvalue weighted by molar-refractivity contribution is -0.141. The van der Waals surface area contributed by atoms with Crippen molar-refractivity contribution in [3.05, 3.63) is 46.0 Å². The molecule has 0 aliphatic rings. The van der Waals surface area contributed by atoms with Crippen LogP contribution in [0.1, 0.15) is 17.0 Å². The molecule has 0 fully saturated rings. The number of aryl methyl sites for hydroxylation is 1. The van der Waals surface area contributed by atoms with E-state index in [9.17, 15) is 22.4 Å². The number of hydrogen-bond donors (Lipinski definition) is 2. The van der Waals surface area contributed by atoms with Crippen LogP contribution in [0.5, 0.6) is 0 Å². The second-order valence-corrected chi connectivity index (χ2v) is 6.06. The first-order chi connectivity index (χ1) is 12.6. The van der Waals surface area contributed by atoms with Gasteiger partial charge in [0.1, 0.15) is 10.8 Å². The van der Waals surface area contributed by atoms with Gasteiger partial charge in [0.2, 0.25) is 6.41 Å². The Labute approximate surface area is 155 Å². The molecule has 0 saturated carbocycles. The molecule has 1 aromatic carbocycles. The van der Waals surface area contributed by atoms with Crippen molar-refractivity contribution in [2.45, 2.75) is 20.0 Å². The number of halogens is 5. The summed E-state index contributed by atoms with van der Waals surface area (Å²) >= 11 is 6.06.